The molecule has 0 aromatic heterocycles. The lowest BCUT2D eigenvalue weighted by atomic mass is 10.0. The molecule has 0 spiro atoms. The van der Waals surface area contributed by atoms with Crippen LogP contribution in [0.3, 0.4) is 0 Å². The van der Waals surface area contributed by atoms with Gasteiger partial charge in [0.1, 0.15) is 0 Å². The van der Waals surface area contributed by atoms with E-state index in [1.807, 2.05) is 7.05 Å². The van der Waals surface area contributed by atoms with Crippen LogP contribution in [-0.2, 0) is 4.74 Å². The molecule has 1 heterocycles. The third-order valence-electron chi connectivity index (χ3n) is 2.48. The lowest BCUT2D eigenvalue weighted by molar-refractivity contribution is 0.00280. The molecule has 0 aromatic rings. The van der Waals surface area contributed by atoms with Gasteiger partial charge < -0.3 is 9.84 Å². The first-order chi connectivity index (χ1) is 5.27. The average molecular weight is 159 g/mol. The molecule has 1 aliphatic rings. The zero-order chi connectivity index (χ0) is 8.27. The smallest absolute Gasteiger partial charge is 0.0698 e. The molecule has 1 saturated heterocycles. The lowest BCUT2D eigenvalue weighted by Crippen LogP contribution is -2.45. The number of methoxy groups -OCH3 is 1. The number of aliphatic hydroxyl groups excluding tert-OH is 1. The minimum atomic E-state index is 0.271. The number of likely N-dealkylation sites (tertiary alicyclic amines) is 1. The van der Waals surface area contributed by atoms with E-state index in [0.717, 1.165) is 19.4 Å². The molecule has 0 radical (unpaired) electrons. The second-order valence-corrected chi connectivity index (χ2v) is 3.21. The summed E-state index contributed by atoms with van der Waals surface area (Å²) in [5.41, 5.74) is 0. The first-order valence-electron chi connectivity index (χ1n) is 4.11. The SMILES string of the molecule is COC1CCC(CO)N(C)C1. The number of rotatable bonds is 2. The average Bonchev–Trinajstić information content (AvgIpc) is 2.04. The van der Waals surface area contributed by atoms with Crippen LogP contribution in [0.4, 0.5) is 0 Å². The van der Waals surface area contributed by atoms with Crippen LogP contribution in [0, 0.1) is 0 Å². The summed E-state index contributed by atoms with van der Waals surface area (Å²) in [7, 11) is 3.78. The summed E-state index contributed by atoms with van der Waals surface area (Å²) in [5.74, 6) is 0. The molecular formula is C8H17NO2. The Morgan fingerprint density at radius 3 is 2.73 bits per heavy atom. The molecular weight excluding hydrogens is 142 g/mol. The van der Waals surface area contributed by atoms with Crippen LogP contribution < -0.4 is 0 Å². The van der Waals surface area contributed by atoms with Crippen molar-refractivity contribution < 1.29 is 9.84 Å². The maximum atomic E-state index is 8.94. The second kappa shape index (κ2) is 4.04. The van der Waals surface area contributed by atoms with Gasteiger partial charge in [-0.2, -0.15) is 0 Å². The van der Waals surface area contributed by atoms with Crippen molar-refractivity contribution in [1.29, 1.82) is 0 Å². The number of aliphatic hydroxyl groups is 1. The molecule has 1 rings (SSSR count). The van der Waals surface area contributed by atoms with Gasteiger partial charge in [0.2, 0.25) is 0 Å². The number of ether oxygens (including phenoxy) is 1. The van der Waals surface area contributed by atoms with Crippen LogP contribution in [0.15, 0.2) is 0 Å². The minimum Gasteiger partial charge on any atom is -0.395 e. The van der Waals surface area contributed by atoms with Gasteiger partial charge in [-0.05, 0) is 19.9 Å². The molecule has 66 valence electrons. The van der Waals surface area contributed by atoms with Crippen molar-refractivity contribution >= 4 is 0 Å². The quantitative estimate of drug-likeness (QED) is 0.619. The summed E-state index contributed by atoms with van der Waals surface area (Å²) in [5, 5.41) is 8.94. The van der Waals surface area contributed by atoms with Crippen LogP contribution in [-0.4, -0.2) is 49.5 Å². The molecule has 1 N–H and O–H groups in total. The van der Waals surface area contributed by atoms with Gasteiger partial charge in [-0.25, -0.2) is 0 Å². The van der Waals surface area contributed by atoms with Gasteiger partial charge >= 0.3 is 0 Å². The number of nitrogens with zero attached hydrogens (tertiary/aromatic N) is 1. The first-order valence-corrected chi connectivity index (χ1v) is 4.11. The van der Waals surface area contributed by atoms with Gasteiger partial charge in [0.25, 0.3) is 0 Å². The normalized spacial score (nSPS) is 34.1. The van der Waals surface area contributed by atoms with Crippen molar-refractivity contribution in [3.63, 3.8) is 0 Å². The number of hydrogen-bond donors (Lipinski definition) is 1. The summed E-state index contributed by atoms with van der Waals surface area (Å²) in [6.45, 7) is 1.22. The number of hydrogen-bond acceptors (Lipinski definition) is 3. The standard InChI is InChI=1S/C8H17NO2/c1-9-5-8(11-2)4-3-7(9)6-10/h7-8,10H,3-6H2,1-2H3. The van der Waals surface area contributed by atoms with Gasteiger partial charge in [-0.1, -0.05) is 0 Å². The Balaban J connectivity index is 2.34. The van der Waals surface area contributed by atoms with Gasteiger partial charge in [0.05, 0.1) is 12.7 Å². The molecule has 3 heteroatoms. The van der Waals surface area contributed by atoms with Crippen molar-refractivity contribution in [2.24, 2.45) is 0 Å². The van der Waals surface area contributed by atoms with Crippen molar-refractivity contribution in [3.8, 4) is 0 Å². The molecule has 1 fully saturated rings. The fraction of sp³-hybridized carbons (Fsp3) is 1.00. The summed E-state index contributed by atoms with van der Waals surface area (Å²) in [6, 6.07) is 0.349. The monoisotopic (exact) mass is 159 g/mol. The maximum absolute atomic E-state index is 8.94. The van der Waals surface area contributed by atoms with Crippen LogP contribution >= 0.6 is 0 Å². The lowest BCUT2D eigenvalue weighted by Gasteiger charge is -2.35. The topological polar surface area (TPSA) is 32.7 Å². The Kier molecular flexibility index (Phi) is 3.30. The van der Waals surface area contributed by atoms with Crippen LogP contribution in [0.25, 0.3) is 0 Å². The Morgan fingerprint density at radius 2 is 2.27 bits per heavy atom. The van der Waals surface area contributed by atoms with Crippen molar-refractivity contribution in [1.82, 2.24) is 4.90 Å². The summed E-state index contributed by atoms with van der Waals surface area (Å²) in [6.07, 6.45) is 2.49. The molecule has 0 bridgehead atoms. The zero-order valence-electron chi connectivity index (χ0n) is 7.29. The molecule has 3 nitrogen and oxygen atoms in total. The van der Waals surface area contributed by atoms with E-state index in [9.17, 15) is 0 Å². The van der Waals surface area contributed by atoms with E-state index in [-0.39, 0.29) is 6.61 Å². The molecule has 0 saturated carbocycles. The predicted octanol–water partition coefficient (Wildman–Crippen LogP) is 0.0879. The van der Waals surface area contributed by atoms with Crippen LogP contribution in [0.5, 0.6) is 0 Å². The minimum absolute atomic E-state index is 0.271. The first kappa shape index (κ1) is 8.97. The van der Waals surface area contributed by atoms with E-state index in [1.54, 1.807) is 7.11 Å². The number of piperidine rings is 1. The zero-order valence-corrected chi connectivity index (χ0v) is 7.29. The summed E-state index contributed by atoms with van der Waals surface area (Å²) < 4.78 is 5.23. The molecule has 0 aromatic carbocycles. The predicted molar refractivity (Wildman–Crippen MR) is 43.5 cm³/mol. The van der Waals surface area contributed by atoms with Crippen molar-refractivity contribution in [2.45, 2.75) is 25.0 Å². The van der Waals surface area contributed by atoms with Gasteiger partial charge in [0.15, 0.2) is 0 Å². The highest BCUT2D eigenvalue weighted by Gasteiger charge is 2.24. The highest BCUT2D eigenvalue weighted by molar-refractivity contribution is 4.78. The van der Waals surface area contributed by atoms with Crippen LogP contribution in [0.1, 0.15) is 12.8 Å². The van der Waals surface area contributed by atoms with E-state index >= 15 is 0 Å². The summed E-state index contributed by atoms with van der Waals surface area (Å²) in [4.78, 5) is 2.16. The number of likely N-dealkylation sites (N-methyl/N-ethyl adjacent to an activating group) is 1. The third kappa shape index (κ3) is 2.15. The van der Waals surface area contributed by atoms with E-state index in [0.29, 0.717) is 12.1 Å². The Bertz CT molecular complexity index is 119. The van der Waals surface area contributed by atoms with Crippen LogP contribution in [0.2, 0.25) is 0 Å². The molecule has 0 aliphatic carbocycles. The largest absolute Gasteiger partial charge is 0.395 e. The molecule has 2 unspecified atom stereocenters. The van der Waals surface area contributed by atoms with E-state index < -0.39 is 0 Å². The molecule has 11 heavy (non-hydrogen) atoms. The second-order valence-electron chi connectivity index (χ2n) is 3.21. The van der Waals surface area contributed by atoms with Gasteiger partial charge in [0, 0.05) is 19.7 Å². The Morgan fingerprint density at radius 1 is 1.55 bits per heavy atom. The van der Waals surface area contributed by atoms with Crippen molar-refractivity contribution in [3.05, 3.63) is 0 Å². The van der Waals surface area contributed by atoms with E-state index in [1.165, 1.54) is 0 Å². The van der Waals surface area contributed by atoms with Crippen molar-refractivity contribution in [2.75, 3.05) is 27.3 Å². The molecule has 0 amide bonds. The fourth-order valence-electron chi connectivity index (χ4n) is 1.58. The highest BCUT2D eigenvalue weighted by Crippen LogP contribution is 2.16. The summed E-state index contributed by atoms with van der Waals surface area (Å²) >= 11 is 0. The van der Waals surface area contributed by atoms with E-state index in [2.05, 4.69) is 4.90 Å². The highest BCUT2D eigenvalue weighted by atomic mass is 16.5. The Hall–Kier alpha value is -0.120. The maximum Gasteiger partial charge on any atom is 0.0698 e. The Labute approximate surface area is 68.0 Å². The van der Waals surface area contributed by atoms with E-state index in [4.69, 9.17) is 9.84 Å². The third-order valence-corrected chi connectivity index (χ3v) is 2.48. The van der Waals surface area contributed by atoms with Gasteiger partial charge in [-0.15, -0.1) is 0 Å². The van der Waals surface area contributed by atoms with Gasteiger partial charge in [-0.3, -0.25) is 4.90 Å². The molecule has 2 atom stereocenters. The fourth-order valence-corrected chi connectivity index (χ4v) is 1.58. The molecule has 1 aliphatic heterocycles.